The van der Waals surface area contributed by atoms with Crippen molar-refractivity contribution in [1.29, 1.82) is 0 Å². The molecule has 0 radical (unpaired) electrons. The lowest BCUT2D eigenvalue weighted by molar-refractivity contribution is 0.111. The summed E-state index contributed by atoms with van der Waals surface area (Å²) in [4.78, 5) is 20.8. The van der Waals surface area contributed by atoms with Crippen LogP contribution in [-0.4, -0.2) is 29.3 Å². The number of aromatic nitrogens is 2. The molecule has 1 aromatic rings. The Morgan fingerprint density at radius 1 is 1.38 bits per heavy atom. The summed E-state index contributed by atoms with van der Waals surface area (Å²) in [5.74, 6) is 3.99. The van der Waals surface area contributed by atoms with Crippen LogP contribution in [0.4, 0.5) is 5.82 Å². The Kier molecular flexibility index (Phi) is 3.16. The van der Waals surface area contributed by atoms with Gasteiger partial charge in [0.2, 0.25) is 0 Å². The van der Waals surface area contributed by atoms with Gasteiger partial charge in [0.25, 0.3) is 0 Å². The molecule has 1 aromatic heterocycles. The normalized spacial score (nSPS) is 16.8. The highest BCUT2D eigenvalue weighted by Crippen LogP contribution is 2.20. The van der Waals surface area contributed by atoms with E-state index in [-0.39, 0.29) is 0 Å². The Morgan fingerprint density at radius 2 is 2.12 bits per heavy atom. The number of piperidine rings is 1. The Hall–Kier alpha value is -1.89. The summed E-state index contributed by atoms with van der Waals surface area (Å²) in [6, 6.07) is 0. The van der Waals surface area contributed by atoms with Gasteiger partial charge in [0.1, 0.15) is 11.5 Å². The molecule has 2 heterocycles. The van der Waals surface area contributed by atoms with Crippen molar-refractivity contribution < 1.29 is 4.79 Å². The van der Waals surface area contributed by atoms with Gasteiger partial charge in [0.05, 0.1) is 12.4 Å². The van der Waals surface area contributed by atoms with E-state index in [1.807, 2.05) is 0 Å². The number of terminal acetylenes is 1. The van der Waals surface area contributed by atoms with Crippen molar-refractivity contribution in [2.45, 2.75) is 12.8 Å². The van der Waals surface area contributed by atoms with Crippen LogP contribution in [0.2, 0.25) is 0 Å². The van der Waals surface area contributed by atoms with Crippen LogP contribution in [0.25, 0.3) is 0 Å². The second-order valence-corrected chi connectivity index (χ2v) is 3.85. The minimum Gasteiger partial charge on any atom is -0.355 e. The summed E-state index contributed by atoms with van der Waals surface area (Å²) < 4.78 is 0. The third-order valence-electron chi connectivity index (χ3n) is 2.83. The molecule has 2 rings (SSSR count). The van der Waals surface area contributed by atoms with Crippen LogP contribution in [0.1, 0.15) is 23.3 Å². The van der Waals surface area contributed by atoms with E-state index in [0.29, 0.717) is 17.9 Å². The number of carbonyl (C=O) groups is 1. The largest absolute Gasteiger partial charge is 0.355 e. The molecule has 0 spiro atoms. The molecule has 0 N–H and O–H groups in total. The van der Waals surface area contributed by atoms with Gasteiger partial charge in [-0.15, -0.1) is 12.3 Å². The maximum atomic E-state index is 10.4. The molecule has 16 heavy (non-hydrogen) atoms. The number of nitrogens with zero attached hydrogens (tertiary/aromatic N) is 3. The molecule has 4 heteroatoms. The summed E-state index contributed by atoms with van der Waals surface area (Å²) in [6.07, 6.45) is 11.2. The van der Waals surface area contributed by atoms with E-state index in [4.69, 9.17) is 6.42 Å². The SMILES string of the molecule is C#CC1CCN(c2cnc(C=O)cn2)CC1. The molecule has 0 atom stereocenters. The van der Waals surface area contributed by atoms with E-state index in [9.17, 15) is 4.79 Å². The Bertz CT molecular complexity index is 399. The first-order chi connectivity index (χ1) is 7.83. The highest BCUT2D eigenvalue weighted by molar-refractivity contribution is 5.71. The maximum Gasteiger partial charge on any atom is 0.170 e. The predicted molar refractivity (Wildman–Crippen MR) is 61.2 cm³/mol. The monoisotopic (exact) mass is 215 g/mol. The van der Waals surface area contributed by atoms with E-state index in [1.165, 1.54) is 6.20 Å². The summed E-state index contributed by atoms with van der Waals surface area (Å²) >= 11 is 0. The quantitative estimate of drug-likeness (QED) is 0.548. The van der Waals surface area contributed by atoms with Gasteiger partial charge in [-0.3, -0.25) is 4.79 Å². The molecule has 0 unspecified atom stereocenters. The van der Waals surface area contributed by atoms with Gasteiger partial charge >= 0.3 is 0 Å². The number of carbonyl (C=O) groups excluding carboxylic acids is 1. The summed E-state index contributed by atoms with van der Waals surface area (Å²) in [7, 11) is 0. The molecule has 0 aliphatic carbocycles. The second-order valence-electron chi connectivity index (χ2n) is 3.85. The summed E-state index contributed by atoms with van der Waals surface area (Å²) in [5, 5.41) is 0. The van der Waals surface area contributed by atoms with Crippen molar-refractivity contribution in [1.82, 2.24) is 9.97 Å². The fourth-order valence-electron chi connectivity index (χ4n) is 1.83. The first-order valence-corrected chi connectivity index (χ1v) is 5.32. The minimum absolute atomic E-state index is 0.363. The third-order valence-corrected chi connectivity index (χ3v) is 2.83. The van der Waals surface area contributed by atoms with E-state index in [0.717, 1.165) is 31.7 Å². The molecular weight excluding hydrogens is 202 g/mol. The van der Waals surface area contributed by atoms with Gasteiger partial charge in [0.15, 0.2) is 6.29 Å². The standard InChI is InChI=1S/C12H13N3O/c1-2-10-3-5-15(6-4-10)12-8-13-11(9-16)7-14-12/h1,7-10H,3-6H2. The molecule has 0 aromatic carbocycles. The lowest BCUT2D eigenvalue weighted by Crippen LogP contribution is -2.33. The number of anilines is 1. The predicted octanol–water partition coefficient (Wildman–Crippen LogP) is 1.14. The molecule has 0 bridgehead atoms. The number of aldehydes is 1. The minimum atomic E-state index is 0.363. The smallest absolute Gasteiger partial charge is 0.170 e. The van der Waals surface area contributed by atoms with Gasteiger partial charge in [0, 0.05) is 19.0 Å². The maximum absolute atomic E-state index is 10.4. The molecule has 1 aliphatic rings. The van der Waals surface area contributed by atoms with Gasteiger partial charge in [-0.25, -0.2) is 9.97 Å². The van der Waals surface area contributed by atoms with E-state index >= 15 is 0 Å². The van der Waals surface area contributed by atoms with Gasteiger partial charge in [-0.2, -0.15) is 0 Å². The molecule has 0 amide bonds. The third kappa shape index (κ3) is 2.19. The molecular formula is C12H13N3O. The lowest BCUT2D eigenvalue weighted by atomic mass is 9.98. The van der Waals surface area contributed by atoms with Crippen molar-refractivity contribution in [2.24, 2.45) is 5.92 Å². The van der Waals surface area contributed by atoms with Crippen LogP contribution in [0.5, 0.6) is 0 Å². The molecule has 1 aliphatic heterocycles. The topological polar surface area (TPSA) is 46.1 Å². The zero-order chi connectivity index (χ0) is 11.4. The van der Waals surface area contributed by atoms with Crippen LogP contribution in [0.3, 0.4) is 0 Å². The fourth-order valence-corrected chi connectivity index (χ4v) is 1.83. The number of hydrogen-bond acceptors (Lipinski definition) is 4. The summed E-state index contributed by atoms with van der Waals surface area (Å²) in [6.45, 7) is 1.81. The van der Waals surface area contributed by atoms with E-state index < -0.39 is 0 Å². The van der Waals surface area contributed by atoms with Crippen LogP contribution in [0, 0.1) is 18.3 Å². The first kappa shape index (κ1) is 10.6. The van der Waals surface area contributed by atoms with E-state index in [1.54, 1.807) is 6.20 Å². The van der Waals surface area contributed by atoms with Crippen molar-refractivity contribution in [3.63, 3.8) is 0 Å². The molecule has 1 fully saturated rings. The second kappa shape index (κ2) is 4.75. The van der Waals surface area contributed by atoms with Gasteiger partial charge in [-0.05, 0) is 12.8 Å². The Morgan fingerprint density at radius 3 is 2.62 bits per heavy atom. The molecule has 0 saturated carbocycles. The van der Waals surface area contributed by atoms with Gasteiger partial charge in [-0.1, -0.05) is 0 Å². The number of hydrogen-bond donors (Lipinski definition) is 0. The highest BCUT2D eigenvalue weighted by Gasteiger charge is 2.18. The van der Waals surface area contributed by atoms with Crippen molar-refractivity contribution in [3.8, 4) is 12.3 Å². The Balaban J connectivity index is 2.03. The molecule has 4 nitrogen and oxygen atoms in total. The van der Waals surface area contributed by atoms with Crippen molar-refractivity contribution in [2.75, 3.05) is 18.0 Å². The van der Waals surface area contributed by atoms with Crippen molar-refractivity contribution in [3.05, 3.63) is 18.1 Å². The van der Waals surface area contributed by atoms with Crippen LogP contribution < -0.4 is 4.90 Å². The average Bonchev–Trinajstić information content (AvgIpc) is 2.39. The van der Waals surface area contributed by atoms with Crippen LogP contribution in [0.15, 0.2) is 12.4 Å². The van der Waals surface area contributed by atoms with Gasteiger partial charge < -0.3 is 4.90 Å². The highest BCUT2D eigenvalue weighted by atomic mass is 16.1. The fraction of sp³-hybridized carbons (Fsp3) is 0.417. The summed E-state index contributed by atoms with van der Waals surface area (Å²) in [5.41, 5.74) is 0.363. The van der Waals surface area contributed by atoms with E-state index in [2.05, 4.69) is 20.8 Å². The van der Waals surface area contributed by atoms with Crippen molar-refractivity contribution >= 4 is 12.1 Å². The zero-order valence-corrected chi connectivity index (χ0v) is 8.97. The van der Waals surface area contributed by atoms with Crippen LogP contribution >= 0.6 is 0 Å². The van der Waals surface area contributed by atoms with Crippen LogP contribution in [-0.2, 0) is 0 Å². The molecule has 1 saturated heterocycles. The average molecular weight is 215 g/mol. The molecule has 82 valence electrons. The number of rotatable bonds is 2. The zero-order valence-electron chi connectivity index (χ0n) is 8.97. The Labute approximate surface area is 94.7 Å². The lowest BCUT2D eigenvalue weighted by Gasteiger charge is -2.30. The first-order valence-electron chi connectivity index (χ1n) is 5.32.